The molecule has 3 aliphatic rings. The summed E-state index contributed by atoms with van der Waals surface area (Å²) >= 11 is 1.79. The third-order valence-corrected chi connectivity index (χ3v) is 9.58. The second-order valence-electron chi connectivity index (χ2n) is 11.0. The topological polar surface area (TPSA) is 80.1 Å². The van der Waals surface area contributed by atoms with Crippen molar-refractivity contribution in [3.8, 4) is 6.07 Å². The lowest BCUT2D eigenvalue weighted by atomic mass is 9.65. The van der Waals surface area contributed by atoms with E-state index >= 15 is 0 Å². The van der Waals surface area contributed by atoms with E-state index in [1.165, 1.54) is 29.5 Å². The van der Waals surface area contributed by atoms with Gasteiger partial charge < -0.3 is 20.4 Å². The van der Waals surface area contributed by atoms with Crippen LogP contribution in [0.2, 0.25) is 0 Å². The number of nitrogens with zero attached hydrogens (tertiary/aromatic N) is 5. The van der Waals surface area contributed by atoms with Crippen molar-refractivity contribution in [3.05, 3.63) is 41.0 Å². The number of benzene rings is 1. The highest BCUT2D eigenvalue weighted by molar-refractivity contribution is 7.18. The summed E-state index contributed by atoms with van der Waals surface area (Å²) in [4.78, 5) is 16.5. The number of likely N-dealkylation sites (tertiary alicyclic amines) is 1. The van der Waals surface area contributed by atoms with E-state index in [9.17, 15) is 5.26 Å². The SMILES string of the molecule is CCc1cc2c(N3CCC4(CC(Nc5ccc(C#N)c(NC6CCN(C)CC6)c5)C4)C3)ncnc2s1.[HH]. The van der Waals surface area contributed by atoms with Gasteiger partial charge in [-0.15, -0.1) is 11.3 Å². The van der Waals surface area contributed by atoms with Gasteiger partial charge in [0, 0.05) is 37.2 Å². The van der Waals surface area contributed by atoms with Crippen LogP contribution in [0.3, 0.4) is 0 Å². The van der Waals surface area contributed by atoms with Crippen LogP contribution in [0.25, 0.3) is 10.2 Å². The molecule has 2 saturated heterocycles. The molecule has 1 aromatic carbocycles. The minimum atomic E-state index is 0. The Balaban J connectivity index is 0.00000280. The van der Waals surface area contributed by atoms with Gasteiger partial charge in [-0.05, 0) is 88.3 Å². The molecule has 0 bridgehead atoms. The highest BCUT2D eigenvalue weighted by Gasteiger charge is 2.49. The Hall–Kier alpha value is -2.89. The van der Waals surface area contributed by atoms with E-state index in [1.54, 1.807) is 17.7 Å². The minimum absolute atomic E-state index is 0. The fourth-order valence-electron chi connectivity index (χ4n) is 6.32. The fourth-order valence-corrected chi connectivity index (χ4v) is 7.24. The van der Waals surface area contributed by atoms with Crippen LogP contribution in [0.5, 0.6) is 0 Å². The van der Waals surface area contributed by atoms with Crippen molar-refractivity contribution in [2.45, 2.75) is 57.5 Å². The number of nitriles is 1. The molecule has 1 saturated carbocycles. The van der Waals surface area contributed by atoms with Crippen molar-refractivity contribution in [1.82, 2.24) is 14.9 Å². The lowest BCUT2D eigenvalue weighted by Crippen LogP contribution is -2.46. The molecule has 2 aromatic heterocycles. The second kappa shape index (κ2) is 9.53. The lowest BCUT2D eigenvalue weighted by Gasteiger charge is -2.46. The van der Waals surface area contributed by atoms with Crippen LogP contribution in [0, 0.1) is 16.7 Å². The molecule has 0 atom stereocenters. The lowest BCUT2D eigenvalue weighted by molar-refractivity contribution is 0.144. The van der Waals surface area contributed by atoms with Gasteiger partial charge in [0.05, 0.1) is 16.6 Å². The number of aryl methyl sites for hydroxylation is 1. The van der Waals surface area contributed by atoms with Gasteiger partial charge in [0.2, 0.25) is 0 Å². The van der Waals surface area contributed by atoms with E-state index in [0.29, 0.717) is 17.5 Å². The standard InChI is InChI=1S/C28H35N7S.H2/c1-3-23-13-24-26(30-18-31-27(24)36-23)35-11-8-28(17-35)14-22(15-28)32-21-5-4-19(16-29)25(12-21)33-20-6-9-34(2)10-7-20;/h4-5,12-13,18,20,22,32-33H,3,6-11,14-15,17H2,1-2H3;1H. The molecule has 7 nitrogen and oxygen atoms in total. The summed E-state index contributed by atoms with van der Waals surface area (Å²) in [5.41, 5.74) is 3.18. The summed E-state index contributed by atoms with van der Waals surface area (Å²) in [5.74, 6) is 1.11. The van der Waals surface area contributed by atoms with E-state index in [4.69, 9.17) is 4.98 Å². The third-order valence-electron chi connectivity index (χ3n) is 8.39. The van der Waals surface area contributed by atoms with Gasteiger partial charge in [-0.3, -0.25) is 0 Å². The van der Waals surface area contributed by atoms with Gasteiger partial charge in [0.25, 0.3) is 0 Å². The zero-order valence-corrected chi connectivity index (χ0v) is 22.1. The number of aromatic nitrogens is 2. The molecule has 3 aromatic rings. The Bertz CT molecular complexity index is 1290. The Labute approximate surface area is 219 Å². The summed E-state index contributed by atoms with van der Waals surface area (Å²) in [6, 6.07) is 11.7. The van der Waals surface area contributed by atoms with Crippen LogP contribution in [-0.2, 0) is 6.42 Å². The second-order valence-corrected chi connectivity index (χ2v) is 12.1. The molecule has 0 radical (unpaired) electrons. The molecular weight excluding hydrogens is 466 g/mol. The molecule has 36 heavy (non-hydrogen) atoms. The predicted molar refractivity (Wildman–Crippen MR) is 150 cm³/mol. The molecule has 6 rings (SSSR count). The van der Waals surface area contributed by atoms with E-state index in [2.05, 4.69) is 63.7 Å². The number of fused-ring (bicyclic) bond motifs is 1. The van der Waals surface area contributed by atoms with Gasteiger partial charge in [-0.25, -0.2) is 9.97 Å². The first kappa shape index (κ1) is 23.5. The van der Waals surface area contributed by atoms with Crippen molar-refractivity contribution in [2.24, 2.45) is 5.41 Å². The van der Waals surface area contributed by atoms with Gasteiger partial charge in [0.1, 0.15) is 23.0 Å². The number of piperidine rings is 1. The van der Waals surface area contributed by atoms with E-state index in [0.717, 1.165) is 73.0 Å². The molecule has 2 N–H and O–H groups in total. The van der Waals surface area contributed by atoms with Crippen LogP contribution in [-0.4, -0.2) is 60.2 Å². The number of hydrogen-bond donors (Lipinski definition) is 2. The van der Waals surface area contributed by atoms with Crippen molar-refractivity contribution in [3.63, 3.8) is 0 Å². The maximum atomic E-state index is 9.63. The molecule has 0 unspecified atom stereocenters. The monoisotopic (exact) mass is 503 g/mol. The quantitative estimate of drug-likeness (QED) is 0.469. The van der Waals surface area contributed by atoms with Gasteiger partial charge >= 0.3 is 0 Å². The highest BCUT2D eigenvalue weighted by atomic mass is 32.1. The average Bonchev–Trinajstić information content (AvgIpc) is 3.50. The Morgan fingerprint density at radius 2 is 1.97 bits per heavy atom. The molecule has 8 heteroatoms. The molecule has 1 spiro atoms. The van der Waals surface area contributed by atoms with Gasteiger partial charge in [0.15, 0.2) is 0 Å². The first-order chi connectivity index (χ1) is 17.5. The van der Waals surface area contributed by atoms with Crippen molar-refractivity contribution in [1.29, 1.82) is 5.26 Å². The Kier molecular flexibility index (Phi) is 6.22. The third kappa shape index (κ3) is 4.51. The summed E-state index contributed by atoms with van der Waals surface area (Å²) in [6.07, 6.45) is 8.58. The summed E-state index contributed by atoms with van der Waals surface area (Å²) in [6.45, 7) is 6.55. The van der Waals surface area contributed by atoms with E-state index in [1.807, 2.05) is 6.07 Å². The fraction of sp³-hybridized carbons (Fsp3) is 0.536. The average molecular weight is 504 g/mol. The molecular formula is C28H37N7S. The Morgan fingerprint density at radius 1 is 1.14 bits per heavy atom. The zero-order valence-electron chi connectivity index (χ0n) is 21.3. The van der Waals surface area contributed by atoms with E-state index in [-0.39, 0.29) is 1.43 Å². The maximum absolute atomic E-state index is 9.63. The Morgan fingerprint density at radius 3 is 2.75 bits per heavy atom. The van der Waals surface area contributed by atoms with E-state index < -0.39 is 0 Å². The molecule has 3 fully saturated rings. The van der Waals surface area contributed by atoms with Crippen LogP contribution in [0.4, 0.5) is 17.2 Å². The van der Waals surface area contributed by atoms with Gasteiger partial charge in [-0.1, -0.05) is 6.92 Å². The first-order valence-corrected chi connectivity index (χ1v) is 14.1. The number of nitrogens with one attached hydrogen (secondary N) is 2. The van der Waals surface area contributed by atoms with Crippen LogP contribution in [0.1, 0.15) is 50.9 Å². The maximum Gasteiger partial charge on any atom is 0.140 e. The smallest absolute Gasteiger partial charge is 0.140 e. The first-order valence-electron chi connectivity index (χ1n) is 13.3. The molecule has 1 aliphatic carbocycles. The summed E-state index contributed by atoms with van der Waals surface area (Å²) in [7, 11) is 2.18. The van der Waals surface area contributed by atoms with Crippen LogP contribution < -0.4 is 15.5 Å². The molecule has 0 amide bonds. The normalized spacial score (nSPS) is 24.7. The number of anilines is 3. The number of rotatable bonds is 6. The molecule has 190 valence electrons. The largest absolute Gasteiger partial charge is 0.382 e. The van der Waals surface area contributed by atoms with Crippen molar-refractivity contribution in [2.75, 3.05) is 48.8 Å². The predicted octanol–water partition coefficient (Wildman–Crippen LogP) is 5.35. The number of hydrogen-bond acceptors (Lipinski definition) is 8. The summed E-state index contributed by atoms with van der Waals surface area (Å²) < 4.78 is 0. The van der Waals surface area contributed by atoms with Crippen molar-refractivity contribution >= 4 is 38.7 Å². The molecule has 2 aliphatic heterocycles. The number of thiophene rings is 1. The summed E-state index contributed by atoms with van der Waals surface area (Å²) in [5, 5.41) is 18.3. The van der Waals surface area contributed by atoms with Gasteiger partial charge in [-0.2, -0.15) is 5.26 Å². The van der Waals surface area contributed by atoms with Crippen molar-refractivity contribution < 1.29 is 1.43 Å². The highest BCUT2D eigenvalue weighted by Crippen LogP contribution is 2.50. The molecule has 4 heterocycles. The zero-order chi connectivity index (χ0) is 24.7. The van der Waals surface area contributed by atoms with Crippen LogP contribution in [0.15, 0.2) is 30.6 Å². The van der Waals surface area contributed by atoms with Crippen LogP contribution >= 0.6 is 11.3 Å². The minimum Gasteiger partial charge on any atom is -0.382 e.